The van der Waals surface area contributed by atoms with Crippen molar-refractivity contribution in [2.45, 2.75) is 19.9 Å². The van der Waals surface area contributed by atoms with Crippen LogP contribution >= 0.6 is 15.9 Å². The van der Waals surface area contributed by atoms with Crippen molar-refractivity contribution >= 4 is 21.6 Å². The van der Waals surface area contributed by atoms with Gasteiger partial charge in [-0.3, -0.25) is 10.1 Å². The summed E-state index contributed by atoms with van der Waals surface area (Å²) in [5.41, 5.74) is 7.30. The van der Waals surface area contributed by atoms with E-state index in [1.807, 2.05) is 19.1 Å². The van der Waals surface area contributed by atoms with E-state index in [1.54, 1.807) is 31.2 Å². The number of hydrogen-bond acceptors (Lipinski definition) is 4. The number of rotatable bonds is 4. The number of benzene rings is 2. The first-order valence-corrected chi connectivity index (χ1v) is 7.16. The van der Waals surface area contributed by atoms with E-state index in [4.69, 9.17) is 10.5 Å². The van der Waals surface area contributed by atoms with Gasteiger partial charge in [0, 0.05) is 11.6 Å². The maximum absolute atomic E-state index is 11.2. The minimum atomic E-state index is -0.436. The number of nitro benzene ring substituents is 1. The van der Waals surface area contributed by atoms with Gasteiger partial charge < -0.3 is 10.5 Å². The van der Waals surface area contributed by atoms with E-state index in [2.05, 4.69) is 15.9 Å². The zero-order valence-corrected chi connectivity index (χ0v) is 13.3. The number of nitro groups is 1. The van der Waals surface area contributed by atoms with Gasteiger partial charge in [-0.1, -0.05) is 18.2 Å². The summed E-state index contributed by atoms with van der Waals surface area (Å²) >= 11 is 3.40. The van der Waals surface area contributed by atoms with Gasteiger partial charge in [0.05, 0.1) is 9.40 Å². The molecule has 0 amide bonds. The highest BCUT2D eigenvalue weighted by Gasteiger charge is 2.19. The molecule has 5 nitrogen and oxygen atoms in total. The molecule has 2 N–H and O–H groups in total. The average Bonchev–Trinajstić information content (AvgIpc) is 2.40. The molecule has 2 aromatic rings. The number of para-hydroxylation sites is 1. The van der Waals surface area contributed by atoms with Crippen molar-refractivity contribution in [1.29, 1.82) is 0 Å². The van der Waals surface area contributed by atoms with E-state index in [-0.39, 0.29) is 17.5 Å². The molecule has 0 aromatic heterocycles. The predicted molar refractivity (Wildman–Crippen MR) is 84.7 cm³/mol. The molecule has 0 radical (unpaired) electrons. The van der Waals surface area contributed by atoms with Crippen LogP contribution in [0, 0.1) is 17.0 Å². The van der Waals surface area contributed by atoms with Crippen LogP contribution in [-0.2, 0) is 0 Å². The molecule has 0 saturated carbocycles. The van der Waals surface area contributed by atoms with Gasteiger partial charge >= 0.3 is 5.69 Å². The van der Waals surface area contributed by atoms with Gasteiger partial charge in [0.15, 0.2) is 0 Å². The summed E-state index contributed by atoms with van der Waals surface area (Å²) in [4.78, 5) is 10.7. The van der Waals surface area contributed by atoms with Gasteiger partial charge in [-0.25, -0.2) is 0 Å². The van der Waals surface area contributed by atoms with E-state index in [1.165, 1.54) is 0 Å². The third kappa shape index (κ3) is 3.40. The lowest BCUT2D eigenvalue weighted by atomic mass is 10.1. The lowest BCUT2D eigenvalue weighted by molar-refractivity contribution is -0.386. The van der Waals surface area contributed by atoms with Gasteiger partial charge in [-0.15, -0.1) is 0 Å². The lowest BCUT2D eigenvalue weighted by Gasteiger charge is -2.12. The topological polar surface area (TPSA) is 78.4 Å². The second-order valence-electron chi connectivity index (χ2n) is 4.76. The molecule has 1 atom stereocenters. The van der Waals surface area contributed by atoms with Gasteiger partial charge in [0.1, 0.15) is 5.75 Å². The Hall–Kier alpha value is -1.92. The molecule has 0 saturated heterocycles. The minimum absolute atomic E-state index is 0.0272. The van der Waals surface area contributed by atoms with Crippen LogP contribution in [0.5, 0.6) is 11.5 Å². The van der Waals surface area contributed by atoms with Gasteiger partial charge in [-0.2, -0.15) is 0 Å². The number of nitrogens with two attached hydrogens (primary N) is 1. The molecule has 0 unspecified atom stereocenters. The molecule has 0 aliphatic heterocycles. The highest BCUT2D eigenvalue weighted by molar-refractivity contribution is 9.10. The second-order valence-corrected chi connectivity index (χ2v) is 5.61. The quantitative estimate of drug-likeness (QED) is 0.651. The van der Waals surface area contributed by atoms with Crippen molar-refractivity contribution in [2.75, 3.05) is 0 Å². The van der Waals surface area contributed by atoms with Crippen molar-refractivity contribution in [2.24, 2.45) is 5.73 Å². The molecule has 110 valence electrons. The van der Waals surface area contributed by atoms with E-state index in [0.717, 1.165) is 5.56 Å². The van der Waals surface area contributed by atoms with E-state index in [9.17, 15) is 10.1 Å². The van der Waals surface area contributed by atoms with Crippen molar-refractivity contribution in [1.82, 2.24) is 0 Å². The fourth-order valence-electron chi connectivity index (χ4n) is 1.95. The molecule has 21 heavy (non-hydrogen) atoms. The summed E-state index contributed by atoms with van der Waals surface area (Å²) in [7, 11) is 0. The fourth-order valence-corrected chi connectivity index (χ4v) is 2.43. The number of ether oxygens (including phenoxy) is 1. The summed E-state index contributed by atoms with van der Waals surface area (Å²) in [6.45, 7) is 3.56. The summed E-state index contributed by atoms with van der Waals surface area (Å²) < 4.78 is 6.39. The zero-order valence-electron chi connectivity index (χ0n) is 11.7. The SMILES string of the molecule is Cc1cccc(Oc2ccc([C@@H](C)N)cc2Br)c1[N+](=O)[O-]. The fraction of sp³-hybridized carbons (Fsp3) is 0.200. The first kappa shape index (κ1) is 15.5. The molecular weight excluding hydrogens is 336 g/mol. The van der Waals surface area contributed by atoms with Crippen LogP contribution in [0.2, 0.25) is 0 Å². The van der Waals surface area contributed by atoms with Crippen LogP contribution in [0.4, 0.5) is 5.69 Å². The number of aryl methyl sites for hydroxylation is 1. The maximum Gasteiger partial charge on any atom is 0.314 e. The molecule has 0 spiro atoms. The molecule has 0 heterocycles. The number of nitrogens with zero attached hydrogens (tertiary/aromatic N) is 1. The summed E-state index contributed by atoms with van der Waals surface area (Å²) in [5.74, 6) is 0.724. The third-order valence-electron chi connectivity index (χ3n) is 3.08. The molecule has 2 rings (SSSR count). The first-order chi connectivity index (χ1) is 9.90. The standard InChI is InChI=1S/C15H15BrN2O3/c1-9-4-3-5-14(15(9)18(19)20)21-13-7-6-11(10(2)17)8-12(13)16/h3-8,10H,17H2,1-2H3/t10-/m1/s1. The molecule has 2 aromatic carbocycles. The monoisotopic (exact) mass is 350 g/mol. The number of hydrogen-bond donors (Lipinski definition) is 1. The van der Waals surface area contributed by atoms with Crippen molar-refractivity contribution in [3.63, 3.8) is 0 Å². The van der Waals surface area contributed by atoms with Crippen LogP contribution in [0.3, 0.4) is 0 Å². The van der Waals surface area contributed by atoms with Gasteiger partial charge in [0.2, 0.25) is 5.75 Å². The van der Waals surface area contributed by atoms with Crippen LogP contribution in [0.15, 0.2) is 40.9 Å². The maximum atomic E-state index is 11.2. The van der Waals surface area contributed by atoms with Crippen LogP contribution in [0.1, 0.15) is 24.1 Å². The zero-order chi connectivity index (χ0) is 15.6. The van der Waals surface area contributed by atoms with Crippen LogP contribution in [0.25, 0.3) is 0 Å². The van der Waals surface area contributed by atoms with Crippen LogP contribution in [-0.4, -0.2) is 4.92 Å². The average molecular weight is 351 g/mol. The Labute approximate surface area is 131 Å². The largest absolute Gasteiger partial charge is 0.449 e. The van der Waals surface area contributed by atoms with E-state index >= 15 is 0 Å². The van der Waals surface area contributed by atoms with Crippen molar-refractivity contribution in [3.05, 3.63) is 62.1 Å². The number of halogens is 1. The third-order valence-corrected chi connectivity index (χ3v) is 3.70. The summed E-state index contributed by atoms with van der Waals surface area (Å²) in [6.07, 6.45) is 0. The van der Waals surface area contributed by atoms with Crippen molar-refractivity contribution in [3.8, 4) is 11.5 Å². The van der Waals surface area contributed by atoms with E-state index in [0.29, 0.717) is 15.8 Å². The Balaban J connectivity index is 2.39. The molecule has 0 fully saturated rings. The highest BCUT2D eigenvalue weighted by Crippen LogP contribution is 2.37. The Morgan fingerprint density at radius 3 is 2.57 bits per heavy atom. The molecule has 0 aliphatic rings. The molecule has 6 heteroatoms. The first-order valence-electron chi connectivity index (χ1n) is 6.37. The Morgan fingerprint density at radius 1 is 1.29 bits per heavy atom. The minimum Gasteiger partial charge on any atom is -0.449 e. The van der Waals surface area contributed by atoms with E-state index < -0.39 is 4.92 Å². The predicted octanol–water partition coefficient (Wildman–Crippen LogP) is 4.48. The normalized spacial score (nSPS) is 12.0. The Bertz CT molecular complexity index is 687. The van der Waals surface area contributed by atoms with Crippen molar-refractivity contribution < 1.29 is 9.66 Å². The van der Waals surface area contributed by atoms with Gasteiger partial charge in [0.25, 0.3) is 0 Å². The lowest BCUT2D eigenvalue weighted by Crippen LogP contribution is -2.04. The summed E-state index contributed by atoms with van der Waals surface area (Å²) in [5, 5.41) is 11.2. The summed E-state index contributed by atoms with van der Waals surface area (Å²) in [6, 6.07) is 10.3. The smallest absolute Gasteiger partial charge is 0.314 e. The second kappa shape index (κ2) is 6.24. The highest BCUT2D eigenvalue weighted by atomic mass is 79.9. The van der Waals surface area contributed by atoms with Crippen LogP contribution < -0.4 is 10.5 Å². The molecular formula is C15H15BrN2O3. The molecule has 0 bridgehead atoms. The Kier molecular flexibility index (Phi) is 4.59. The van der Waals surface area contributed by atoms with Gasteiger partial charge in [-0.05, 0) is 53.5 Å². The molecule has 0 aliphatic carbocycles. The Morgan fingerprint density at radius 2 is 2.00 bits per heavy atom.